The standard InChI is InChI=1S/C26H30N4O3S/c1-15(24-16(2)29-30-17(24)3)28-25(31)23-14-27-26(34-23)32-20-10-12-22-19(13-20)9-11-21(33-22)18-7-5-4-6-8-18/h4-8,10,12-17,21,24,29-30H,9,11H2,1-3H3,(H,28,31). The van der Waals surface area contributed by atoms with Gasteiger partial charge in [-0.05, 0) is 62.9 Å². The molecule has 4 unspecified atom stereocenters. The van der Waals surface area contributed by atoms with E-state index >= 15 is 0 Å². The van der Waals surface area contributed by atoms with Crippen LogP contribution in [0.3, 0.4) is 0 Å². The molecule has 2 aromatic carbocycles. The maximum Gasteiger partial charge on any atom is 0.279 e. The van der Waals surface area contributed by atoms with Crippen LogP contribution in [0.4, 0.5) is 0 Å². The third-order valence-electron chi connectivity index (χ3n) is 6.69. The smallest absolute Gasteiger partial charge is 0.279 e. The van der Waals surface area contributed by atoms with Gasteiger partial charge in [-0.15, -0.1) is 0 Å². The number of ether oxygens (including phenoxy) is 2. The van der Waals surface area contributed by atoms with Gasteiger partial charge in [0.2, 0.25) is 0 Å². The summed E-state index contributed by atoms with van der Waals surface area (Å²) in [4.78, 5) is 17.6. The van der Waals surface area contributed by atoms with Gasteiger partial charge in [0, 0.05) is 24.0 Å². The fraction of sp³-hybridized carbons (Fsp3) is 0.385. The molecule has 1 amide bonds. The number of rotatable bonds is 6. The Morgan fingerprint density at radius 3 is 2.71 bits per heavy atom. The van der Waals surface area contributed by atoms with Crippen LogP contribution in [0.5, 0.6) is 16.7 Å². The SMILES string of the molecule is CC1NNC(C)C1C(C)NC(=O)c1cnc(Oc2ccc3c(c2)CCC(c2ccccc2)O3)s1. The number of benzene rings is 2. The highest BCUT2D eigenvalue weighted by Crippen LogP contribution is 2.38. The first-order valence-corrected chi connectivity index (χ1v) is 12.6. The Bertz CT molecular complexity index is 1140. The lowest BCUT2D eigenvalue weighted by molar-refractivity contribution is 0.0927. The molecule has 1 fully saturated rings. The van der Waals surface area contributed by atoms with Crippen LogP contribution in [0.15, 0.2) is 54.7 Å². The van der Waals surface area contributed by atoms with Crippen LogP contribution >= 0.6 is 11.3 Å². The van der Waals surface area contributed by atoms with E-state index in [9.17, 15) is 4.79 Å². The zero-order valence-electron chi connectivity index (χ0n) is 19.6. The van der Waals surface area contributed by atoms with Gasteiger partial charge in [-0.2, -0.15) is 0 Å². The van der Waals surface area contributed by atoms with Crippen molar-refractivity contribution in [3.8, 4) is 16.7 Å². The van der Waals surface area contributed by atoms with Gasteiger partial charge < -0.3 is 14.8 Å². The van der Waals surface area contributed by atoms with Gasteiger partial charge in [0.1, 0.15) is 22.5 Å². The zero-order chi connectivity index (χ0) is 23.7. The van der Waals surface area contributed by atoms with E-state index in [2.05, 4.69) is 47.1 Å². The van der Waals surface area contributed by atoms with E-state index in [1.54, 1.807) is 6.20 Å². The molecule has 3 N–H and O–H groups in total. The Morgan fingerprint density at radius 1 is 1.18 bits per heavy atom. The summed E-state index contributed by atoms with van der Waals surface area (Å²) in [5, 5.41) is 3.56. The maximum atomic E-state index is 12.8. The fourth-order valence-electron chi connectivity index (χ4n) is 4.97. The lowest BCUT2D eigenvalue weighted by Gasteiger charge is -2.26. The van der Waals surface area contributed by atoms with Gasteiger partial charge in [0.15, 0.2) is 0 Å². The first-order valence-electron chi connectivity index (χ1n) is 11.8. The van der Waals surface area contributed by atoms with Crippen LogP contribution in [0.2, 0.25) is 0 Å². The molecule has 0 spiro atoms. The third-order valence-corrected chi connectivity index (χ3v) is 7.57. The minimum absolute atomic E-state index is 0.0202. The van der Waals surface area contributed by atoms with Crippen LogP contribution in [-0.4, -0.2) is 29.0 Å². The van der Waals surface area contributed by atoms with Crippen molar-refractivity contribution in [1.29, 1.82) is 0 Å². The van der Waals surface area contributed by atoms with E-state index in [0.29, 0.717) is 21.7 Å². The summed E-state index contributed by atoms with van der Waals surface area (Å²) in [6.45, 7) is 6.28. The van der Waals surface area contributed by atoms with Gasteiger partial charge in [-0.1, -0.05) is 41.7 Å². The monoisotopic (exact) mass is 478 g/mol. The molecular formula is C26H30N4O3S. The van der Waals surface area contributed by atoms with Crippen molar-refractivity contribution in [3.05, 3.63) is 70.7 Å². The van der Waals surface area contributed by atoms with E-state index < -0.39 is 0 Å². The summed E-state index contributed by atoms with van der Waals surface area (Å²) in [6, 6.07) is 16.7. The maximum absolute atomic E-state index is 12.8. The molecule has 0 bridgehead atoms. The summed E-state index contributed by atoms with van der Waals surface area (Å²) in [6.07, 6.45) is 3.48. The number of hydrazine groups is 1. The molecule has 0 aliphatic carbocycles. The molecule has 5 rings (SSSR count). The van der Waals surface area contributed by atoms with Gasteiger partial charge in [-0.3, -0.25) is 15.6 Å². The van der Waals surface area contributed by atoms with Crippen molar-refractivity contribution >= 4 is 17.2 Å². The molecule has 0 saturated carbocycles. The van der Waals surface area contributed by atoms with Crippen LogP contribution in [0.1, 0.15) is 54.1 Å². The molecule has 2 aliphatic heterocycles. The van der Waals surface area contributed by atoms with Crippen molar-refractivity contribution in [1.82, 2.24) is 21.2 Å². The number of carbonyl (C=O) groups excluding carboxylic acids is 1. The number of hydrogen-bond donors (Lipinski definition) is 3. The normalized spacial score (nSPS) is 24.7. The number of aryl methyl sites for hydroxylation is 1. The number of carbonyl (C=O) groups is 1. The minimum Gasteiger partial charge on any atom is -0.485 e. The molecule has 4 atom stereocenters. The Labute approximate surface area is 203 Å². The lowest BCUT2D eigenvalue weighted by Crippen LogP contribution is -2.44. The van der Waals surface area contributed by atoms with E-state index in [1.165, 1.54) is 16.9 Å². The largest absolute Gasteiger partial charge is 0.485 e. The summed E-state index contributed by atoms with van der Waals surface area (Å²) in [5.41, 5.74) is 8.79. The summed E-state index contributed by atoms with van der Waals surface area (Å²) < 4.78 is 12.2. The average molecular weight is 479 g/mol. The highest BCUT2D eigenvalue weighted by molar-refractivity contribution is 7.15. The average Bonchev–Trinajstić information content (AvgIpc) is 3.45. The van der Waals surface area contributed by atoms with Crippen LogP contribution in [0, 0.1) is 5.92 Å². The van der Waals surface area contributed by atoms with Gasteiger partial charge in [0.05, 0.1) is 6.20 Å². The Hall–Kier alpha value is -2.94. The topological polar surface area (TPSA) is 84.5 Å². The second-order valence-corrected chi connectivity index (χ2v) is 10.1. The van der Waals surface area contributed by atoms with Crippen molar-refractivity contribution < 1.29 is 14.3 Å². The number of nitrogens with one attached hydrogen (secondary N) is 3. The zero-order valence-corrected chi connectivity index (χ0v) is 20.4. The van der Waals surface area contributed by atoms with Crippen molar-refractivity contribution in [2.45, 2.75) is 57.8 Å². The van der Waals surface area contributed by atoms with E-state index in [1.807, 2.05) is 43.3 Å². The molecule has 178 valence electrons. The number of fused-ring (bicyclic) bond motifs is 1. The van der Waals surface area contributed by atoms with Gasteiger partial charge in [-0.25, -0.2) is 4.98 Å². The second kappa shape index (κ2) is 9.74. The number of nitrogens with zero attached hydrogens (tertiary/aromatic N) is 1. The van der Waals surface area contributed by atoms with Crippen LogP contribution in [-0.2, 0) is 6.42 Å². The van der Waals surface area contributed by atoms with E-state index in [4.69, 9.17) is 9.47 Å². The molecule has 3 aromatic rings. The number of thiazole rings is 1. The molecule has 1 saturated heterocycles. The Kier molecular flexibility index (Phi) is 6.54. The summed E-state index contributed by atoms with van der Waals surface area (Å²) in [5.74, 6) is 1.75. The van der Waals surface area contributed by atoms with E-state index in [0.717, 1.165) is 24.2 Å². The van der Waals surface area contributed by atoms with Crippen LogP contribution in [0.25, 0.3) is 0 Å². The molecule has 0 radical (unpaired) electrons. The molecular weight excluding hydrogens is 448 g/mol. The molecule has 34 heavy (non-hydrogen) atoms. The summed E-state index contributed by atoms with van der Waals surface area (Å²) >= 11 is 1.25. The van der Waals surface area contributed by atoms with Crippen molar-refractivity contribution in [2.75, 3.05) is 0 Å². The second-order valence-electron chi connectivity index (χ2n) is 9.12. The van der Waals surface area contributed by atoms with Gasteiger partial charge >= 0.3 is 0 Å². The van der Waals surface area contributed by atoms with Crippen molar-refractivity contribution in [2.24, 2.45) is 5.92 Å². The fourth-order valence-corrected chi connectivity index (χ4v) is 5.66. The highest BCUT2D eigenvalue weighted by Gasteiger charge is 2.35. The number of amides is 1. The van der Waals surface area contributed by atoms with E-state index in [-0.39, 0.29) is 30.1 Å². The highest BCUT2D eigenvalue weighted by atomic mass is 32.1. The van der Waals surface area contributed by atoms with Crippen LogP contribution < -0.4 is 25.6 Å². The Balaban J connectivity index is 1.21. The molecule has 1 aromatic heterocycles. The molecule has 7 nitrogen and oxygen atoms in total. The number of aromatic nitrogens is 1. The first kappa shape index (κ1) is 22.8. The first-order chi connectivity index (χ1) is 16.5. The quantitative estimate of drug-likeness (QED) is 0.479. The molecule has 2 aliphatic rings. The predicted octanol–water partition coefficient (Wildman–Crippen LogP) is 4.62. The van der Waals surface area contributed by atoms with Crippen molar-refractivity contribution in [3.63, 3.8) is 0 Å². The third kappa shape index (κ3) is 4.80. The minimum atomic E-state index is -0.128. The lowest BCUT2D eigenvalue weighted by atomic mass is 9.89. The molecule has 3 heterocycles. The summed E-state index contributed by atoms with van der Waals surface area (Å²) in [7, 11) is 0. The predicted molar refractivity (Wildman–Crippen MR) is 132 cm³/mol. The molecule has 8 heteroatoms. The Morgan fingerprint density at radius 2 is 1.94 bits per heavy atom. The van der Waals surface area contributed by atoms with Gasteiger partial charge in [0.25, 0.3) is 11.1 Å². The number of hydrogen-bond acceptors (Lipinski definition) is 7.